The van der Waals surface area contributed by atoms with Gasteiger partial charge in [-0.3, -0.25) is 0 Å². The summed E-state index contributed by atoms with van der Waals surface area (Å²) in [6, 6.07) is 0. The molecule has 56 valence electrons. The second kappa shape index (κ2) is 1.78. The SMILES string of the molecule is C1CC2CCC3C1CCC23. The molecule has 0 radical (unpaired) electrons. The molecule has 0 heterocycles. The molecule has 0 aliphatic heterocycles. The van der Waals surface area contributed by atoms with Crippen molar-refractivity contribution in [2.24, 2.45) is 23.7 Å². The van der Waals surface area contributed by atoms with Gasteiger partial charge in [-0.1, -0.05) is 0 Å². The minimum absolute atomic E-state index is 1.18. The van der Waals surface area contributed by atoms with E-state index in [1.165, 1.54) is 23.7 Å². The molecule has 3 fully saturated rings. The maximum Gasteiger partial charge on any atom is -0.0355 e. The molecule has 10 heavy (non-hydrogen) atoms. The van der Waals surface area contributed by atoms with Crippen LogP contribution in [0.3, 0.4) is 0 Å². The van der Waals surface area contributed by atoms with Crippen molar-refractivity contribution in [2.45, 2.75) is 38.5 Å². The van der Waals surface area contributed by atoms with Crippen molar-refractivity contribution in [1.29, 1.82) is 0 Å². The molecule has 3 saturated carbocycles. The highest BCUT2D eigenvalue weighted by Gasteiger charge is 2.47. The van der Waals surface area contributed by atoms with E-state index in [1.807, 2.05) is 0 Å². The zero-order valence-corrected chi connectivity index (χ0v) is 6.55. The Bertz CT molecular complexity index is 132. The van der Waals surface area contributed by atoms with Crippen molar-refractivity contribution in [3.05, 3.63) is 0 Å². The number of hydrogen-bond donors (Lipinski definition) is 0. The van der Waals surface area contributed by atoms with Gasteiger partial charge in [-0.2, -0.15) is 0 Å². The first-order valence-corrected chi connectivity index (χ1v) is 4.95. The maximum absolute atomic E-state index is 1.60. The quantitative estimate of drug-likeness (QED) is 0.480. The first-order chi connectivity index (χ1) is 4.95. The van der Waals surface area contributed by atoms with Gasteiger partial charge in [0.25, 0.3) is 0 Å². The molecule has 4 unspecified atom stereocenters. The Kier molecular flexibility index (Phi) is 1.00. The maximum atomic E-state index is 1.60. The Balaban J connectivity index is 1.97. The fourth-order valence-corrected chi connectivity index (χ4v) is 3.98. The van der Waals surface area contributed by atoms with Crippen LogP contribution < -0.4 is 0 Å². The van der Waals surface area contributed by atoms with Gasteiger partial charge in [0.2, 0.25) is 0 Å². The Labute approximate surface area is 63.0 Å². The fourth-order valence-electron chi connectivity index (χ4n) is 3.98. The van der Waals surface area contributed by atoms with Crippen LogP contribution in [0.2, 0.25) is 0 Å². The average Bonchev–Trinajstić information content (AvgIpc) is 2.36. The molecule has 0 aromatic rings. The Morgan fingerprint density at radius 3 is 1.40 bits per heavy atom. The molecule has 0 aromatic heterocycles. The minimum Gasteiger partial charge on any atom is -0.0499 e. The summed E-state index contributed by atoms with van der Waals surface area (Å²) in [7, 11) is 0. The van der Waals surface area contributed by atoms with Crippen LogP contribution in [0, 0.1) is 23.7 Å². The van der Waals surface area contributed by atoms with Gasteiger partial charge in [0.15, 0.2) is 0 Å². The van der Waals surface area contributed by atoms with Crippen LogP contribution in [-0.2, 0) is 0 Å². The predicted octanol–water partition coefficient (Wildman–Crippen LogP) is 2.83. The van der Waals surface area contributed by atoms with E-state index in [-0.39, 0.29) is 0 Å². The van der Waals surface area contributed by atoms with E-state index < -0.39 is 0 Å². The predicted molar refractivity (Wildman–Crippen MR) is 41.7 cm³/mol. The molecule has 3 aliphatic carbocycles. The van der Waals surface area contributed by atoms with E-state index in [2.05, 4.69) is 0 Å². The molecule has 0 N–H and O–H groups in total. The highest BCUT2D eigenvalue weighted by Crippen LogP contribution is 2.57. The highest BCUT2D eigenvalue weighted by molar-refractivity contribution is 4.97. The third-order valence-corrected chi connectivity index (χ3v) is 4.41. The van der Waals surface area contributed by atoms with E-state index in [0.717, 1.165) is 0 Å². The van der Waals surface area contributed by atoms with Crippen molar-refractivity contribution in [3.63, 3.8) is 0 Å². The Morgan fingerprint density at radius 1 is 0.500 bits per heavy atom. The molecule has 0 spiro atoms. The fraction of sp³-hybridized carbons (Fsp3) is 1.00. The molecule has 0 amide bonds. The normalized spacial score (nSPS) is 57.6. The van der Waals surface area contributed by atoms with Crippen LogP contribution in [0.15, 0.2) is 0 Å². The van der Waals surface area contributed by atoms with Gasteiger partial charge in [0.05, 0.1) is 0 Å². The lowest BCUT2D eigenvalue weighted by molar-refractivity contribution is 0.229. The van der Waals surface area contributed by atoms with Crippen LogP contribution >= 0.6 is 0 Å². The molecule has 0 aromatic carbocycles. The standard InChI is InChI=1S/C10H16/c1-2-8-4-6-9-7(1)3-5-10(8)9/h7-10H,1-6H2. The first-order valence-electron chi connectivity index (χ1n) is 4.95. The van der Waals surface area contributed by atoms with E-state index in [9.17, 15) is 0 Å². The van der Waals surface area contributed by atoms with Crippen molar-refractivity contribution in [3.8, 4) is 0 Å². The van der Waals surface area contributed by atoms with Crippen molar-refractivity contribution >= 4 is 0 Å². The molecule has 0 heteroatoms. The van der Waals surface area contributed by atoms with Gasteiger partial charge in [-0.25, -0.2) is 0 Å². The van der Waals surface area contributed by atoms with Crippen molar-refractivity contribution in [2.75, 3.05) is 0 Å². The zero-order chi connectivity index (χ0) is 6.55. The van der Waals surface area contributed by atoms with Gasteiger partial charge in [0, 0.05) is 0 Å². The summed E-state index contributed by atoms with van der Waals surface area (Å²) in [5.41, 5.74) is 0. The highest BCUT2D eigenvalue weighted by atomic mass is 14.5. The number of hydrogen-bond acceptors (Lipinski definition) is 0. The molecule has 3 rings (SSSR count). The minimum atomic E-state index is 1.18. The monoisotopic (exact) mass is 136 g/mol. The second-order valence-corrected chi connectivity index (χ2v) is 4.58. The van der Waals surface area contributed by atoms with E-state index in [1.54, 1.807) is 38.5 Å². The number of rotatable bonds is 0. The molecular weight excluding hydrogens is 120 g/mol. The Morgan fingerprint density at radius 2 is 0.900 bits per heavy atom. The van der Waals surface area contributed by atoms with Crippen LogP contribution in [0.1, 0.15) is 38.5 Å². The lowest BCUT2D eigenvalue weighted by atomic mass is 9.79. The summed E-state index contributed by atoms with van der Waals surface area (Å²) in [6.45, 7) is 0. The second-order valence-electron chi connectivity index (χ2n) is 4.58. The summed E-state index contributed by atoms with van der Waals surface area (Å²) in [5.74, 6) is 4.78. The molecule has 4 bridgehead atoms. The third-order valence-electron chi connectivity index (χ3n) is 4.41. The molecule has 0 nitrogen and oxygen atoms in total. The summed E-state index contributed by atoms with van der Waals surface area (Å²) in [5, 5.41) is 0. The largest absolute Gasteiger partial charge is 0.0499 e. The van der Waals surface area contributed by atoms with Gasteiger partial charge in [-0.15, -0.1) is 0 Å². The molecule has 4 atom stereocenters. The zero-order valence-electron chi connectivity index (χ0n) is 6.55. The van der Waals surface area contributed by atoms with Crippen molar-refractivity contribution in [1.82, 2.24) is 0 Å². The van der Waals surface area contributed by atoms with Gasteiger partial charge >= 0.3 is 0 Å². The van der Waals surface area contributed by atoms with Crippen molar-refractivity contribution < 1.29 is 0 Å². The third kappa shape index (κ3) is 0.538. The summed E-state index contributed by atoms with van der Waals surface area (Å²) in [4.78, 5) is 0. The van der Waals surface area contributed by atoms with E-state index in [0.29, 0.717) is 0 Å². The first kappa shape index (κ1) is 5.62. The topological polar surface area (TPSA) is 0 Å². The van der Waals surface area contributed by atoms with E-state index >= 15 is 0 Å². The van der Waals surface area contributed by atoms with Crippen LogP contribution in [0.25, 0.3) is 0 Å². The summed E-state index contributed by atoms with van der Waals surface area (Å²) < 4.78 is 0. The van der Waals surface area contributed by atoms with E-state index in [4.69, 9.17) is 0 Å². The van der Waals surface area contributed by atoms with Gasteiger partial charge < -0.3 is 0 Å². The average molecular weight is 136 g/mol. The lowest BCUT2D eigenvalue weighted by Gasteiger charge is -2.26. The molecular formula is C10H16. The van der Waals surface area contributed by atoms with Gasteiger partial charge in [-0.05, 0) is 62.2 Å². The molecule has 3 aliphatic rings. The van der Waals surface area contributed by atoms with Gasteiger partial charge in [0.1, 0.15) is 0 Å². The Hall–Kier alpha value is 0. The van der Waals surface area contributed by atoms with Crippen LogP contribution in [-0.4, -0.2) is 0 Å². The summed E-state index contributed by atoms with van der Waals surface area (Å²) in [6.07, 6.45) is 9.55. The summed E-state index contributed by atoms with van der Waals surface area (Å²) >= 11 is 0. The lowest BCUT2D eigenvalue weighted by Crippen LogP contribution is -2.18. The molecule has 0 saturated heterocycles. The van der Waals surface area contributed by atoms with Crippen LogP contribution in [0.4, 0.5) is 0 Å². The van der Waals surface area contributed by atoms with Crippen LogP contribution in [0.5, 0.6) is 0 Å². The smallest absolute Gasteiger partial charge is 0.0355 e.